The van der Waals surface area contributed by atoms with Gasteiger partial charge in [-0.15, -0.1) is 0 Å². The molecular formula is C8H16N2O. The molecule has 1 heterocycles. The van der Waals surface area contributed by atoms with Crippen molar-refractivity contribution in [3.63, 3.8) is 0 Å². The van der Waals surface area contributed by atoms with Crippen molar-refractivity contribution < 1.29 is 4.84 Å². The Labute approximate surface area is 68.0 Å². The Kier molecular flexibility index (Phi) is 3.36. The fourth-order valence-corrected chi connectivity index (χ4v) is 1.40. The molecule has 0 saturated carbocycles. The summed E-state index contributed by atoms with van der Waals surface area (Å²) < 4.78 is 0. The monoisotopic (exact) mass is 156 g/mol. The maximum Gasteiger partial charge on any atom is 0.106 e. The molecule has 64 valence electrons. The lowest BCUT2D eigenvalue weighted by atomic mass is 10.1. The highest BCUT2D eigenvalue weighted by Gasteiger charge is 2.13. The van der Waals surface area contributed by atoms with E-state index in [2.05, 4.69) is 17.0 Å². The SMILES string of the molecule is CCN1CCCC(=NOC)C1. The number of hydrogen-bond acceptors (Lipinski definition) is 3. The molecule has 1 aliphatic heterocycles. The molecule has 0 atom stereocenters. The second-order valence-corrected chi connectivity index (χ2v) is 2.81. The molecule has 1 aliphatic rings. The summed E-state index contributed by atoms with van der Waals surface area (Å²) in [7, 11) is 1.61. The minimum Gasteiger partial charge on any atom is -0.399 e. The Bertz CT molecular complexity index is 145. The number of rotatable bonds is 2. The van der Waals surface area contributed by atoms with Crippen LogP contribution in [0.5, 0.6) is 0 Å². The first kappa shape index (κ1) is 8.53. The van der Waals surface area contributed by atoms with Crippen LogP contribution < -0.4 is 0 Å². The van der Waals surface area contributed by atoms with Gasteiger partial charge in [0.05, 0.1) is 5.71 Å². The van der Waals surface area contributed by atoms with Crippen molar-refractivity contribution in [3.8, 4) is 0 Å². The first-order chi connectivity index (χ1) is 5.36. The number of nitrogens with zero attached hydrogens (tertiary/aromatic N) is 2. The molecule has 1 rings (SSSR count). The largest absolute Gasteiger partial charge is 0.399 e. The number of hydrogen-bond donors (Lipinski definition) is 0. The zero-order valence-electron chi connectivity index (χ0n) is 7.34. The van der Waals surface area contributed by atoms with Gasteiger partial charge in [0.1, 0.15) is 7.11 Å². The summed E-state index contributed by atoms with van der Waals surface area (Å²) in [6.07, 6.45) is 2.32. The van der Waals surface area contributed by atoms with Crippen molar-refractivity contribution in [2.75, 3.05) is 26.7 Å². The van der Waals surface area contributed by atoms with Crippen LogP contribution in [0.15, 0.2) is 5.16 Å². The van der Waals surface area contributed by atoms with Crippen molar-refractivity contribution in [2.24, 2.45) is 5.16 Å². The first-order valence-corrected chi connectivity index (χ1v) is 4.18. The van der Waals surface area contributed by atoms with E-state index in [1.165, 1.54) is 18.7 Å². The molecule has 3 nitrogen and oxygen atoms in total. The zero-order valence-corrected chi connectivity index (χ0v) is 7.34. The summed E-state index contributed by atoms with van der Waals surface area (Å²) in [6, 6.07) is 0. The topological polar surface area (TPSA) is 24.8 Å². The van der Waals surface area contributed by atoms with E-state index in [-0.39, 0.29) is 0 Å². The minimum atomic E-state index is 0.990. The van der Waals surface area contributed by atoms with Gasteiger partial charge in [0.25, 0.3) is 0 Å². The molecule has 0 aromatic carbocycles. The summed E-state index contributed by atoms with van der Waals surface area (Å²) in [6.45, 7) is 5.49. The zero-order chi connectivity index (χ0) is 8.10. The fourth-order valence-electron chi connectivity index (χ4n) is 1.40. The normalized spacial score (nSPS) is 24.0. The molecule has 3 heteroatoms. The van der Waals surface area contributed by atoms with Crippen molar-refractivity contribution in [2.45, 2.75) is 19.8 Å². The Morgan fingerprint density at radius 1 is 1.64 bits per heavy atom. The average molecular weight is 156 g/mol. The molecule has 0 radical (unpaired) electrons. The maximum atomic E-state index is 4.74. The van der Waals surface area contributed by atoms with E-state index < -0.39 is 0 Å². The maximum absolute atomic E-state index is 4.74. The Balaban J connectivity index is 2.39. The third-order valence-corrected chi connectivity index (χ3v) is 2.01. The quantitative estimate of drug-likeness (QED) is 0.559. The fraction of sp³-hybridized carbons (Fsp3) is 0.875. The third kappa shape index (κ3) is 2.50. The summed E-state index contributed by atoms with van der Waals surface area (Å²) in [5.41, 5.74) is 1.18. The molecule has 0 bridgehead atoms. The Hall–Kier alpha value is -0.570. The average Bonchev–Trinajstić information content (AvgIpc) is 2.06. The molecule has 0 spiro atoms. The third-order valence-electron chi connectivity index (χ3n) is 2.01. The lowest BCUT2D eigenvalue weighted by molar-refractivity contribution is 0.205. The van der Waals surface area contributed by atoms with Gasteiger partial charge in [-0.25, -0.2) is 0 Å². The van der Waals surface area contributed by atoms with E-state index in [0.29, 0.717) is 0 Å². The summed E-state index contributed by atoms with van der Waals surface area (Å²) >= 11 is 0. The van der Waals surface area contributed by atoms with Gasteiger partial charge in [0, 0.05) is 6.54 Å². The van der Waals surface area contributed by atoms with Crippen molar-refractivity contribution in [3.05, 3.63) is 0 Å². The van der Waals surface area contributed by atoms with Crippen LogP contribution in [0.1, 0.15) is 19.8 Å². The van der Waals surface area contributed by atoms with E-state index in [1.54, 1.807) is 7.11 Å². The van der Waals surface area contributed by atoms with Crippen molar-refractivity contribution >= 4 is 5.71 Å². The van der Waals surface area contributed by atoms with Crippen LogP contribution in [-0.2, 0) is 4.84 Å². The highest BCUT2D eigenvalue weighted by molar-refractivity contribution is 5.86. The molecule has 0 unspecified atom stereocenters. The van der Waals surface area contributed by atoms with Crippen LogP contribution in [0.3, 0.4) is 0 Å². The molecule has 0 N–H and O–H groups in total. The van der Waals surface area contributed by atoms with Gasteiger partial charge in [-0.2, -0.15) is 0 Å². The van der Waals surface area contributed by atoms with Crippen molar-refractivity contribution in [1.29, 1.82) is 0 Å². The summed E-state index contributed by atoms with van der Waals surface area (Å²) in [4.78, 5) is 7.11. The van der Waals surface area contributed by atoms with Gasteiger partial charge in [0.2, 0.25) is 0 Å². The van der Waals surface area contributed by atoms with E-state index in [0.717, 1.165) is 19.5 Å². The number of likely N-dealkylation sites (tertiary alicyclic amines) is 1. The molecule has 0 aromatic rings. The van der Waals surface area contributed by atoms with Crippen LogP contribution in [0, 0.1) is 0 Å². The van der Waals surface area contributed by atoms with E-state index in [4.69, 9.17) is 4.84 Å². The lowest BCUT2D eigenvalue weighted by Gasteiger charge is -2.25. The molecule has 0 aliphatic carbocycles. The summed E-state index contributed by atoms with van der Waals surface area (Å²) in [5.74, 6) is 0. The van der Waals surface area contributed by atoms with Gasteiger partial charge in [-0.05, 0) is 25.9 Å². The molecule has 1 saturated heterocycles. The first-order valence-electron chi connectivity index (χ1n) is 4.18. The molecule has 0 aromatic heterocycles. The van der Waals surface area contributed by atoms with Crippen LogP contribution in [-0.4, -0.2) is 37.4 Å². The predicted octanol–water partition coefficient (Wildman–Crippen LogP) is 1.10. The number of piperidine rings is 1. The van der Waals surface area contributed by atoms with Crippen LogP contribution in [0.4, 0.5) is 0 Å². The van der Waals surface area contributed by atoms with E-state index >= 15 is 0 Å². The van der Waals surface area contributed by atoms with Gasteiger partial charge < -0.3 is 4.84 Å². The summed E-state index contributed by atoms with van der Waals surface area (Å²) in [5, 5.41) is 3.96. The standard InChI is InChI=1S/C8H16N2O/c1-3-10-6-4-5-8(7-10)9-11-2/h3-7H2,1-2H3. The van der Waals surface area contributed by atoms with Crippen LogP contribution >= 0.6 is 0 Å². The molecule has 1 fully saturated rings. The smallest absolute Gasteiger partial charge is 0.106 e. The second kappa shape index (κ2) is 4.34. The number of oxime groups is 1. The Morgan fingerprint density at radius 3 is 3.09 bits per heavy atom. The van der Waals surface area contributed by atoms with Crippen LogP contribution in [0.25, 0.3) is 0 Å². The van der Waals surface area contributed by atoms with E-state index in [9.17, 15) is 0 Å². The molecule has 11 heavy (non-hydrogen) atoms. The predicted molar refractivity (Wildman–Crippen MR) is 45.8 cm³/mol. The molecular weight excluding hydrogens is 140 g/mol. The van der Waals surface area contributed by atoms with Gasteiger partial charge in [0.15, 0.2) is 0 Å². The Morgan fingerprint density at radius 2 is 2.45 bits per heavy atom. The van der Waals surface area contributed by atoms with Crippen molar-refractivity contribution in [1.82, 2.24) is 4.90 Å². The van der Waals surface area contributed by atoms with Crippen LogP contribution in [0.2, 0.25) is 0 Å². The highest BCUT2D eigenvalue weighted by atomic mass is 16.6. The van der Waals surface area contributed by atoms with Gasteiger partial charge in [-0.1, -0.05) is 12.1 Å². The van der Waals surface area contributed by atoms with Gasteiger partial charge >= 0.3 is 0 Å². The minimum absolute atomic E-state index is 0.990. The molecule has 0 amide bonds. The van der Waals surface area contributed by atoms with Gasteiger partial charge in [-0.3, -0.25) is 4.90 Å². The second-order valence-electron chi connectivity index (χ2n) is 2.81. The lowest BCUT2D eigenvalue weighted by Crippen LogP contribution is -2.35. The van der Waals surface area contributed by atoms with E-state index in [1.807, 2.05) is 0 Å². The highest BCUT2D eigenvalue weighted by Crippen LogP contribution is 2.06.